The van der Waals surface area contributed by atoms with Crippen LogP contribution in [0.5, 0.6) is 11.5 Å². The molecular formula is C41H39Cl2F5N6O4. The van der Waals surface area contributed by atoms with Crippen molar-refractivity contribution >= 4 is 51.8 Å². The van der Waals surface area contributed by atoms with Crippen LogP contribution in [0.3, 0.4) is 0 Å². The molecule has 2 aliphatic rings. The van der Waals surface area contributed by atoms with Gasteiger partial charge in [0, 0.05) is 31.6 Å². The molecule has 2 aromatic heterocycles. The monoisotopic (exact) mass is 844 g/mol. The minimum absolute atomic E-state index is 0.0380. The van der Waals surface area contributed by atoms with E-state index >= 15 is 8.78 Å². The van der Waals surface area contributed by atoms with Crippen molar-refractivity contribution in [3.05, 3.63) is 99.3 Å². The molecule has 306 valence electrons. The Morgan fingerprint density at radius 3 is 2.02 bits per heavy atom. The number of carboxylic acid groups (broad SMARTS) is 1. The Kier molecular flexibility index (Phi) is 10.8. The van der Waals surface area contributed by atoms with E-state index in [1.165, 1.54) is 25.2 Å². The van der Waals surface area contributed by atoms with Gasteiger partial charge >= 0.3 is 18.3 Å². The van der Waals surface area contributed by atoms with E-state index in [0.717, 1.165) is 17.2 Å². The first kappa shape index (κ1) is 41.0. The average Bonchev–Trinajstić information content (AvgIpc) is 3.42. The number of pyridine rings is 1. The summed E-state index contributed by atoms with van der Waals surface area (Å²) in [5.74, 6) is -0.287. The van der Waals surface area contributed by atoms with E-state index in [1.54, 1.807) is 58.3 Å². The molecule has 5 aromatic rings. The smallest absolute Gasteiger partial charge is 0.419 e. The third kappa shape index (κ3) is 7.38. The summed E-state index contributed by atoms with van der Waals surface area (Å²) in [6.07, 6.45) is -6.51. The van der Waals surface area contributed by atoms with Gasteiger partial charge in [0.15, 0.2) is 5.82 Å². The Bertz CT molecular complexity index is 2330. The van der Waals surface area contributed by atoms with Crippen molar-refractivity contribution in [1.29, 1.82) is 0 Å². The largest absolute Gasteiger partial charge is 0.497 e. The molecule has 0 radical (unpaired) electrons. The van der Waals surface area contributed by atoms with Crippen LogP contribution in [0.15, 0.2) is 60.7 Å². The summed E-state index contributed by atoms with van der Waals surface area (Å²) in [6, 6.07) is 15.8. The molecule has 2 aliphatic heterocycles. The predicted molar refractivity (Wildman–Crippen MR) is 211 cm³/mol. The summed E-state index contributed by atoms with van der Waals surface area (Å²) in [5, 5.41) is 8.89. The number of anilines is 2. The molecule has 2 saturated heterocycles. The van der Waals surface area contributed by atoms with E-state index in [-0.39, 0.29) is 43.2 Å². The number of methoxy groups -OCH3 is 2. The molecule has 3 aromatic carbocycles. The molecule has 2 bridgehead atoms. The number of piperazine rings is 1. The number of nitrogens with zero attached hydrogens (tertiary/aromatic N) is 6. The zero-order valence-corrected chi connectivity index (χ0v) is 33.6. The Morgan fingerprint density at radius 1 is 0.914 bits per heavy atom. The number of hydrogen-bond acceptors (Lipinski definition) is 8. The van der Waals surface area contributed by atoms with Gasteiger partial charge in [-0.1, -0.05) is 68.2 Å². The number of carbonyl (C=O) groups is 1. The van der Waals surface area contributed by atoms with Gasteiger partial charge < -0.3 is 24.4 Å². The fourth-order valence-corrected chi connectivity index (χ4v) is 8.86. The minimum atomic E-state index is -5.13. The summed E-state index contributed by atoms with van der Waals surface area (Å²) in [4.78, 5) is 29.5. The highest BCUT2D eigenvalue weighted by atomic mass is 35.5. The van der Waals surface area contributed by atoms with E-state index in [0.29, 0.717) is 24.3 Å². The lowest BCUT2D eigenvalue weighted by Gasteiger charge is -2.54. The fraction of sp³-hybridized carbons (Fsp3) is 0.366. The molecular weight excluding hydrogens is 806 g/mol. The second-order valence-electron chi connectivity index (χ2n) is 15.5. The Balaban J connectivity index is 1.38. The van der Waals surface area contributed by atoms with Crippen LogP contribution in [0.2, 0.25) is 10.0 Å². The standard InChI is InChI=1S/C41H39Cl2F5N6O4/c1-39(2,3)40-15-14-24(54(40)38(55)56)20-53(21-40)36-27-16-28(42)31(33(44)34(27)50-37(45)51-36)35-32(41(46,47)48)29(43)17-30(49-35)52(18-22-6-10-25(57-4)11-7-22)19-23-8-12-26(58-5)13-9-23/h6-13,16-17,24H,14-15,18-21H2,1-5H3,(H,55,56). The number of alkyl halides is 3. The average molecular weight is 846 g/mol. The molecule has 0 spiro atoms. The van der Waals surface area contributed by atoms with Gasteiger partial charge in [0.2, 0.25) is 0 Å². The van der Waals surface area contributed by atoms with Crippen molar-refractivity contribution in [2.45, 2.75) is 64.5 Å². The van der Waals surface area contributed by atoms with Gasteiger partial charge in [-0.25, -0.2) is 14.2 Å². The van der Waals surface area contributed by atoms with E-state index in [4.69, 9.17) is 32.7 Å². The fourth-order valence-electron chi connectivity index (χ4n) is 8.29. The number of aromatic nitrogens is 3. The summed E-state index contributed by atoms with van der Waals surface area (Å²) >= 11 is 13.2. The lowest BCUT2D eigenvalue weighted by atomic mass is 9.71. The zero-order valence-electron chi connectivity index (χ0n) is 32.1. The SMILES string of the molecule is COc1ccc(CN(Cc2ccc(OC)cc2)c2cc(Cl)c(C(F)(F)F)c(-c3c(Cl)cc4c(N5CC6CCC(C(C)(C)C)(C5)N6C(=O)O)nc(F)nc4c3F)n2)cc1. The second-order valence-corrected chi connectivity index (χ2v) is 16.3. The number of hydrogen-bond donors (Lipinski definition) is 1. The maximum absolute atomic E-state index is 17.1. The topological polar surface area (TPSA) is 104 Å². The Labute approximate surface area is 341 Å². The maximum atomic E-state index is 17.1. The number of fused-ring (bicyclic) bond motifs is 3. The molecule has 0 aliphatic carbocycles. The van der Waals surface area contributed by atoms with Gasteiger partial charge in [-0.3, -0.25) is 4.90 Å². The van der Waals surface area contributed by atoms with Crippen molar-refractivity contribution in [3.8, 4) is 22.8 Å². The van der Waals surface area contributed by atoms with Crippen LogP contribution in [0.4, 0.5) is 38.4 Å². The van der Waals surface area contributed by atoms with Crippen LogP contribution in [0.25, 0.3) is 22.2 Å². The lowest BCUT2D eigenvalue weighted by Crippen LogP contribution is -2.68. The van der Waals surface area contributed by atoms with Crippen LogP contribution in [0, 0.1) is 17.3 Å². The van der Waals surface area contributed by atoms with Crippen molar-refractivity contribution in [1.82, 2.24) is 19.9 Å². The number of benzene rings is 3. The highest BCUT2D eigenvalue weighted by Crippen LogP contribution is 2.51. The van der Waals surface area contributed by atoms with Gasteiger partial charge in [0.1, 0.15) is 34.2 Å². The molecule has 58 heavy (non-hydrogen) atoms. The highest BCUT2D eigenvalue weighted by molar-refractivity contribution is 6.35. The molecule has 4 heterocycles. The first-order chi connectivity index (χ1) is 27.3. The summed E-state index contributed by atoms with van der Waals surface area (Å²) in [7, 11) is 3.04. The summed E-state index contributed by atoms with van der Waals surface area (Å²) in [6.45, 7) is 6.19. The van der Waals surface area contributed by atoms with E-state index in [1.807, 2.05) is 20.8 Å². The van der Waals surface area contributed by atoms with Crippen LogP contribution in [-0.4, -0.2) is 69.9 Å². The molecule has 7 rings (SSSR count). The third-order valence-electron chi connectivity index (χ3n) is 11.2. The Morgan fingerprint density at radius 2 is 1.50 bits per heavy atom. The molecule has 2 atom stereocenters. The number of rotatable bonds is 9. The maximum Gasteiger partial charge on any atom is 0.419 e. The quantitative estimate of drug-likeness (QED) is 0.115. The van der Waals surface area contributed by atoms with Crippen molar-refractivity contribution in [2.24, 2.45) is 5.41 Å². The van der Waals surface area contributed by atoms with Gasteiger partial charge in [0.25, 0.3) is 0 Å². The molecule has 1 N–H and O–H groups in total. The van der Waals surface area contributed by atoms with Crippen LogP contribution >= 0.6 is 23.2 Å². The Hall–Kier alpha value is -5.15. The minimum Gasteiger partial charge on any atom is -0.497 e. The normalized spacial score (nSPS) is 18.2. The first-order valence-corrected chi connectivity index (χ1v) is 19.0. The molecule has 10 nitrogen and oxygen atoms in total. The molecule has 2 fully saturated rings. The van der Waals surface area contributed by atoms with E-state index in [2.05, 4.69) is 15.0 Å². The lowest BCUT2D eigenvalue weighted by molar-refractivity contribution is -0.137. The molecule has 0 saturated carbocycles. The van der Waals surface area contributed by atoms with Crippen LogP contribution in [0.1, 0.15) is 50.3 Å². The summed E-state index contributed by atoms with van der Waals surface area (Å²) < 4.78 is 87.9. The zero-order chi connectivity index (χ0) is 41.9. The van der Waals surface area contributed by atoms with Crippen molar-refractivity contribution in [2.75, 3.05) is 37.1 Å². The predicted octanol–water partition coefficient (Wildman–Crippen LogP) is 10.3. The number of amides is 1. The third-order valence-corrected chi connectivity index (χ3v) is 11.8. The first-order valence-electron chi connectivity index (χ1n) is 18.3. The second kappa shape index (κ2) is 15.2. The van der Waals surface area contributed by atoms with Crippen LogP contribution in [-0.2, 0) is 19.3 Å². The van der Waals surface area contributed by atoms with E-state index in [9.17, 15) is 23.1 Å². The molecule has 17 heteroatoms. The van der Waals surface area contributed by atoms with Gasteiger partial charge in [0.05, 0.1) is 47.1 Å². The van der Waals surface area contributed by atoms with Crippen molar-refractivity contribution in [3.63, 3.8) is 0 Å². The number of halogens is 7. The van der Waals surface area contributed by atoms with Gasteiger partial charge in [-0.05, 0) is 65.8 Å². The van der Waals surface area contributed by atoms with Crippen LogP contribution < -0.4 is 19.3 Å². The highest BCUT2D eigenvalue weighted by Gasteiger charge is 2.59. The number of ether oxygens (including phenoxy) is 2. The van der Waals surface area contributed by atoms with E-state index < -0.39 is 73.5 Å². The van der Waals surface area contributed by atoms with Gasteiger partial charge in [-0.15, -0.1) is 0 Å². The molecule has 2 unspecified atom stereocenters. The summed E-state index contributed by atoms with van der Waals surface area (Å²) in [5.41, 5.74) is -3.79. The van der Waals surface area contributed by atoms with Gasteiger partial charge in [-0.2, -0.15) is 27.5 Å². The van der Waals surface area contributed by atoms with Crippen molar-refractivity contribution < 1.29 is 41.3 Å². The molecule has 1 amide bonds.